The summed E-state index contributed by atoms with van der Waals surface area (Å²) in [6, 6.07) is 9.38. The van der Waals surface area contributed by atoms with Crippen molar-refractivity contribution in [2.45, 2.75) is 6.42 Å². The Kier molecular flexibility index (Phi) is 5.06. The molecule has 1 aromatic heterocycles. The molecule has 0 saturated carbocycles. The van der Waals surface area contributed by atoms with Crippen LogP contribution in [0.3, 0.4) is 0 Å². The number of halogens is 2. The molecule has 2 aromatic rings. The van der Waals surface area contributed by atoms with Crippen LogP contribution >= 0.6 is 15.9 Å². The standard InChI is InChI=1S/C14H13BrFN3O/c15-11-3-6-13(18-9-11)19-14(20)17-8-7-10-1-4-12(16)5-2-10/h1-6,9H,7-8H2,(H2,17,18,19,20). The third-order valence-electron chi connectivity index (χ3n) is 2.58. The van der Waals surface area contributed by atoms with E-state index in [-0.39, 0.29) is 11.8 Å². The predicted molar refractivity (Wildman–Crippen MR) is 79.1 cm³/mol. The molecule has 0 atom stereocenters. The van der Waals surface area contributed by atoms with E-state index >= 15 is 0 Å². The van der Waals surface area contributed by atoms with E-state index in [2.05, 4.69) is 31.5 Å². The summed E-state index contributed by atoms with van der Waals surface area (Å²) in [6.45, 7) is 0.466. The third kappa shape index (κ3) is 4.62. The first kappa shape index (κ1) is 14.5. The number of urea groups is 1. The largest absolute Gasteiger partial charge is 0.337 e. The highest BCUT2D eigenvalue weighted by Crippen LogP contribution is 2.10. The van der Waals surface area contributed by atoms with E-state index in [1.54, 1.807) is 30.5 Å². The fourth-order valence-corrected chi connectivity index (χ4v) is 1.82. The number of carbonyl (C=O) groups is 1. The van der Waals surface area contributed by atoms with Crippen molar-refractivity contribution in [1.29, 1.82) is 0 Å². The summed E-state index contributed by atoms with van der Waals surface area (Å²) in [5.74, 6) is 0.216. The molecule has 0 bridgehead atoms. The molecular weight excluding hydrogens is 325 g/mol. The van der Waals surface area contributed by atoms with Crippen LogP contribution in [0, 0.1) is 5.82 Å². The van der Waals surface area contributed by atoms with Crippen LogP contribution in [-0.2, 0) is 6.42 Å². The molecule has 0 aliphatic heterocycles. The number of amides is 2. The monoisotopic (exact) mass is 337 g/mol. The predicted octanol–water partition coefficient (Wildman–Crippen LogP) is 3.35. The van der Waals surface area contributed by atoms with Crippen LogP contribution in [0.1, 0.15) is 5.56 Å². The van der Waals surface area contributed by atoms with Crippen molar-refractivity contribution < 1.29 is 9.18 Å². The van der Waals surface area contributed by atoms with E-state index in [4.69, 9.17) is 0 Å². The maximum atomic E-state index is 12.7. The quantitative estimate of drug-likeness (QED) is 0.898. The van der Waals surface area contributed by atoms with Crippen LogP contribution in [0.2, 0.25) is 0 Å². The molecule has 0 spiro atoms. The van der Waals surface area contributed by atoms with Gasteiger partial charge < -0.3 is 5.32 Å². The van der Waals surface area contributed by atoms with Crippen LogP contribution in [0.5, 0.6) is 0 Å². The second-order valence-corrected chi connectivity index (χ2v) is 5.03. The van der Waals surface area contributed by atoms with Crippen molar-refractivity contribution in [3.8, 4) is 0 Å². The highest BCUT2D eigenvalue weighted by Gasteiger charge is 2.02. The van der Waals surface area contributed by atoms with Gasteiger partial charge in [-0.15, -0.1) is 0 Å². The highest BCUT2D eigenvalue weighted by atomic mass is 79.9. The lowest BCUT2D eigenvalue weighted by atomic mass is 10.1. The smallest absolute Gasteiger partial charge is 0.320 e. The number of pyridine rings is 1. The summed E-state index contributed by atoms with van der Waals surface area (Å²) >= 11 is 3.27. The molecule has 6 heteroatoms. The minimum absolute atomic E-state index is 0.263. The lowest BCUT2D eigenvalue weighted by Gasteiger charge is -2.07. The Labute approximate surface area is 124 Å². The lowest BCUT2D eigenvalue weighted by Crippen LogP contribution is -2.30. The topological polar surface area (TPSA) is 54.0 Å². The second-order valence-electron chi connectivity index (χ2n) is 4.12. The maximum absolute atomic E-state index is 12.7. The van der Waals surface area contributed by atoms with E-state index in [0.717, 1.165) is 10.0 Å². The molecule has 104 valence electrons. The van der Waals surface area contributed by atoms with E-state index in [0.29, 0.717) is 18.8 Å². The number of carbonyl (C=O) groups excluding carboxylic acids is 1. The SMILES string of the molecule is O=C(NCCc1ccc(F)cc1)Nc1ccc(Br)cn1. The number of anilines is 1. The summed E-state index contributed by atoms with van der Waals surface area (Å²) in [5, 5.41) is 5.34. The van der Waals surface area contributed by atoms with Gasteiger partial charge in [0.2, 0.25) is 0 Å². The van der Waals surface area contributed by atoms with Crippen LogP contribution < -0.4 is 10.6 Å². The Morgan fingerprint density at radius 3 is 2.60 bits per heavy atom. The summed E-state index contributed by atoms with van der Waals surface area (Å²) < 4.78 is 13.6. The number of nitrogens with one attached hydrogen (secondary N) is 2. The van der Waals surface area contributed by atoms with Crippen LogP contribution in [-0.4, -0.2) is 17.6 Å². The third-order valence-corrected chi connectivity index (χ3v) is 3.05. The molecule has 1 heterocycles. The zero-order valence-corrected chi connectivity index (χ0v) is 12.2. The number of aromatic nitrogens is 1. The number of nitrogens with zero attached hydrogens (tertiary/aromatic N) is 1. The van der Waals surface area contributed by atoms with Gasteiger partial charge in [-0.2, -0.15) is 0 Å². The van der Waals surface area contributed by atoms with E-state index < -0.39 is 0 Å². The second kappa shape index (κ2) is 7.00. The van der Waals surface area contributed by atoms with Gasteiger partial charge in [-0.1, -0.05) is 12.1 Å². The molecule has 2 rings (SSSR count). The van der Waals surface area contributed by atoms with Crippen LogP contribution in [0.15, 0.2) is 47.1 Å². The molecule has 0 unspecified atom stereocenters. The molecule has 2 N–H and O–H groups in total. The zero-order chi connectivity index (χ0) is 14.4. The number of hydrogen-bond donors (Lipinski definition) is 2. The maximum Gasteiger partial charge on any atom is 0.320 e. The summed E-state index contributed by atoms with van der Waals surface area (Å²) in [5.41, 5.74) is 0.966. The average molecular weight is 338 g/mol. The number of rotatable bonds is 4. The molecule has 0 fully saturated rings. The van der Waals surface area contributed by atoms with Crippen molar-refractivity contribution in [3.05, 3.63) is 58.4 Å². The average Bonchev–Trinajstić information content (AvgIpc) is 2.44. The zero-order valence-electron chi connectivity index (χ0n) is 10.6. The van der Waals surface area contributed by atoms with Crippen LogP contribution in [0.25, 0.3) is 0 Å². The van der Waals surface area contributed by atoms with Crippen molar-refractivity contribution >= 4 is 27.8 Å². The number of hydrogen-bond acceptors (Lipinski definition) is 2. The number of benzene rings is 1. The van der Waals surface area contributed by atoms with Gasteiger partial charge in [0.15, 0.2) is 0 Å². The van der Waals surface area contributed by atoms with Gasteiger partial charge in [-0.3, -0.25) is 5.32 Å². The first-order valence-electron chi connectivity index (χ1n) is 6.04. The van der Waals surface area contributed by atoms with Gasteiger partial charge in [-0.05, 0) is 52.2 Å². The molecule has 0 radical (unpaired) electrons. The molecule has 0 saturated heterocycles. The first-order chi connectivity index (χ1) is 9.63. The van der Waals surface area contributed by atoms with Crippen LogP contribution in [0.4, 0.5) is 15.0 Å². The minimum atomic E-state index is -0.318. The van der Waals surface area contributed by atoms with Crippen molar-refractivity contribution in [2.75, 3.05) is 11.9 Å². The summed E-state index contributed by atoms with van der Waals surface area (Å²) in [4.78, 5) is 15.6. The van der Waals surface area contributed by atoms with Crippen molar-refractivity contribution in [2.24, 2.45) is 0 Å². The highest BCUT2D eigenvalue weighted by molar-refractivity contribution is 9.10. The minimum Gasteiger partial charge on any atom is -0.337 e. The Morgan fingerprint density at radius 1 is 1.20 bits per heavy atom. The van der Waals surface area contributed by atoms with E-state index in [1.807, 2.05) is 0 Å². The Bertz CT molecular complexity index is 572. The van der Waals surface area contributed by atoms with Gasteiger partial charge in [0.25, 0.3) is 0 Å². The lowest BCUT2D eigenvalue weighted by molar-refractivity contribution is 0.252. The van der Waals surface area contributed by atoms with Gasteiger partial charge in [0.05, 0.1) is 0 Å². The van der Waals surface area contributed by atoms with E-state index in [9.17, 15) is 9.18 Å². The van der Waals surface area contributed by atoms with E-state index in [1.165, 1.54) is 12.1 Å². The molecule has 20 heavy (non-hydrogen) atoms. The van der Waals surface area contributed by atoms with Crippen molar-refractivity contribution in [3.63, 3.8) is 0 Å². The summed E-state index contributed by atoms with van der Waals surface area (Å²) in [7, 11) is 0. The van der Waals surface area contributed by atoms with Gasteiger partial charge in [-0.25, -0.2) is 14.2 Å². The fourth-order valence-electron chi connectivity index (χ4n) is 1.58. The molecular formula is C14H13BrFN3O. The summed E-state index contributed by atoms with van der Waals surface area (Å²) in [6.07, 6.45) is 2.25. The molecule has 4 nitrogen and oxygen atoms in total. The normalized spacial score (nSPS) is 10.1. The molecule has 2 amide bonds. The molecule has 0 aliphatic rings. The van der Waals surface area contributed by atoms with Gasteiger partial charge >= 0.3 is 6.03 Å². The Morgan fingerprint density at radius 2 is 1.95 bits per heavy atom. The molecule has 1 aromatic carbocycles. The van der Waals surface area contributed by atoms with Gasteiger partial charge in [0.1, 0.15) is 11.6 Å². The van der Waals surface area contributed by atoms with Gasteiger partial charge in [0, 0.05) is 17.2 Å². The fraction of sp³-hybridized carbons (Fsp3) is 0.143. The Hall–Kier alpha value is -1.95. The first-order valence-corrected chi connectivity index (χ1v) is 6.83. The molecule has 0 aliphatic carbocycles. The Balaban J connectivity index is 1.75. The van der Waals surface area contributed by atoms with Crippen molar-refractivity contribution in [1.82, 2.24) is 10.3 Å².